The van der Waals surface area contributed by atoms with Crippen LogP contribution < -0.4 is 27.4 Å². The van der Waals surface area contributed by atoms with Crippen molar-refractivity contribution < 1.29 is 29.1 Å². The number of amides is 4. The lowest BCUT2D eigenvalue weighted by molar-refractivity contribution is -0.143. The molecule has 9 N–H and O–H groups in total. The molecule has 2 rings (SSSR count). The molecule has 13 heteroatoms. The second-order valence-corrected chi connectivity index (χ2v) is 10.3. The molecule has 2 aromatic rings. The van der Waals surface area contributed by atoms with Gasteiger partial charge in [0.1, 0.15) is 18.1 Å². The molecule has 4 unspecified atom stereocenters. The summed E-state index contributed by atoms with van der Waals surface area (Å²) in [5.41, 5.74) is 12.5. The van der Waals surface area contributed by atoms with Gasteiger partial charge in [0.15, 0.2) is 0 Å². The molecule has 0 spiro atoms. The Kier molecular flexibility index (Phi) is 11.6. The van der Waals surface area contributed by atoms with Gasteiger partial charge in [-0.25, -0.2) is 4.79 Å². The molecule has 1 aromatic carbocycles. The van der Waals surface area contributed by atoms with Crippen LogP contribution in [-0.4, -0.2) is 75.9 Å². The number of nitrogens with two attached hydrogens (primary N) is 2. The minimum absolute atomic E-state index is 0.0610. The molecule has 38 heavy (non-hydrogen) atoms. The fraction of sp³-hybridized carbons (Fsp3) is 0.480. The summed E-state index contributed by atoms with van der Waals surface area (Å²) in [5, 5.41) is 18.0. The fourth-order valence-electron chi connectivity index (χ4n) is 3.86. The van der Waals surface area contributed by atoms with E-state index < -0.39 is 60.2 Å². The van der Waals surface area contributed by atoms with E-state index in [0.29, 0.717) is 5.75 Å². The largest absolute Gasteiger partial charge is 0.480 e. The van der Waals surface area contributed by atoms with Gasteiger partial charge in [-0.1, -0.05) is 32.0 Å². The summed E-state index contributed by atoms with van der Waals surface area (Å²) in [7, 11) is 0. The standard InChI is InChI=1S/C25H36N6O6S/c1-13(2)21(25(36)37)31-23(34)18(8-9-38-3)29-24(35)19(30-22(33)16(26)11-20(27)32)10-14-12-28-17-7-5-4-6-15(14)17/h4-7,12-13,16,18-19,21,28H,8-11,26H2,1-3H3,(H2,27,32)(H,29,35)(H,30,33)(H,31,34)(H,36,37). The van der Waals surface area contributed by atoms with E-state index in [4.69, 9.17) is 11.5 Å². The number of aromatic amines is 1. The summed E-state index contributed by atoms with van der Waals surface area (Å²) in [6.07, 6.45) is 3.45. The lowest BCUT2D eigenvalue weighted by Crippen LogP contribution is -2.58. The molecule has 1 heterocycles. The Bertz CT molecular complexity index is 1150. The van der Waals surface area contributed by atoms with Crippen molar-refractivity contribution in [1.82, 2.24) is 20.9 Å². The SMILES string of the molecule is CSCCC(NC(=O)C(Cc1c[nH]c2ccccc12)NC(=O)C(N)CC(N)=O)C(=O)NC(C(=O)O)C(C)C. The Balaban J connectivity index is 2.30. The van der Waals surface area contributed by atoms with E-state index in [-0.39, 0.29) is 18.8 Å². The Morgan fingerprint density at radius 3 is 2.24 bits per heavy atom. The number of H-pyrrole nitrogens is 1. The van der Waals surface area contributed by atoms with Crippen LogP contribution in [0, 0.1) is 5.92 Å². The van der Waals surface area contributed by atoms with Gasteiger partial charge < -0.3 is 37.5 Å². The van der Waals surface area contributed by atoms with Crippen molar-refractivity contribution in [1.29, 1.82) is 0 Å². The summed E-state index contributed by atoms with van der Waals surface area (Å²) in [4.78, 5) is 65.1. The van der Waals surface area contributed by atoms with Crippen LogP contribution in [0.15, 0.2) is 30.5 Å². The molecule has 0 bridgehead atoms. The van der Waals surface area contributed by atoms with Crippen LogP contribution in [0.5, 0.6) is 0 Å². The van der Waals surface area contributed by atoms with Gasteiger partial charge in [-0.3, -0.25) is 19.2 Å². The maximum absolute atomic E-state index is 13.4. The minimum Gasteiger partial charge on any atom is -0.480 e. The first-order chi connectivity index (χ1) is 17.9. The van der Waals surface area contributed by atoms with Crippen LogP contribution in [0.3, 0.4) is 0 Å². The number of benzene rings is 1. The van der Waals surface area contributed by atoms with Gasteiger partial charge in [-0.2, -0.15) is 11.8 Å². The van der Waals surface area contributed by atoms with Gasteiger partial charge in [-0.05, 0) is 36.0 Å². The number of fused-ring (bicyclic) bond motifs is 1. The van der Waals surface area contributed by atoms with Gasteiger partial charge in [0, 0.05) is 23.5 Å². The topological polar surface area (TPSA) is 209 Å². The molecular weight excluding hydrogens is 512 g/mol. The van der Waals surface area contributed by atoms with Crippen molar-refractivity contribution in [2.75, 3.05) is 12.0 Å². The fourth-order valence-corrected chi connectivity index (χ4v) is 4.33. The van der Waals surface area contributed by atoms with E-state index >= 15 is 0 Å². The van der Waals surface area contributed by atoms with Crippen LogP contribution >= 0.6 is 11.8 Å². The summed E-state index contributed by atoms with van der Waals surface area (Å²) in [6.45, 7) is 3.33. The van der Waals surface area contributed by atoms with Crippen LogP contribution in [0.2, 0.25) is 0 Å². The summed E-state index contributed by atoms with van der Waals surface area (Å²) >= 11 is 1.46. The smallest absolute Gasteiger partial charge is 0.326 e. The van der Waals surface area contributed by atoms with Gasteiger partial charge >= 0.3 is 5.97 Å². The average molecular weight is 549 g/mol. The summed E-state index contributed by atoms with van der Waals surface area (Å²) < 4.78 is 0. The number of rotatable bonds is 15. The van der Waals surface area contributed by atoms with Crippen molar-refractivity contribution >= 4 is 52.3 Å². The zero-order valence-electron chi connectivity index (χ0n) is 21.7. The number of carbonyl (C=O) groups excluding carboxylic acids is 4. The Morgan fingerprint density at radius 2 is 1.63 bits per heavy atom. The third-order valence-electron chi connectivity index (χ3n) is 5.96. The number of primary amides is 1. The molecule has 12 nitrogen and oxygen atoms in total. The first-order valence-electron chi connectivity index (χ1n) is 12.2. The Morgan fingerprint density at radius 1 is 1.00 bits per heavy atom. The number of thioether (sulfide) groups is 1. The van der Waals surface area contributed by atoms with Crippen molar-refractivity contribution in [3.8, 4) is 0 Å². The first-order valence-corrected chi connectivity index (χ1v) is 13.6. The Labute approximate surface area is 225 Å². The zero-order valence-corrected chi connectivity index (χ0v) is 22.5. The molecule has 1 aromatic heterocycles. The van der Waals surface area contributed by atoms with E-state index in [1.165, 1.54) is 11.8 Å². The normalized spacial score (nSPS) is 14.3. The third kappa shape index (κ3) is 8.77. The molecule has 0 aliphatic heterocycles. The summed E-state index contributed by atoms with van der Waals surface area (Å²) in [5.74, 6) is -3.87. The van der Waals surface area contributed by atoms with E-state index in [2.05, 4.69) is 20.9 Å². The highest BCUT2D eigenvalue weighted by atomic mass is 32.2. The van der Waals surface area contributed by atoms with Crippen molar-refractivity contribution in [3.05, 3.63) is 36.0 Å². The Hall–Kier alpha value is -3.58. The molecule has 0 saturated heterocycles. The quantitative estimate of drug-likeness (QED) is 0.159. The van der Waals surface area contributed by atoms with E-state index in [9.17, 15) is 29.1 Å². The molecule has 0 fully saturated rings. The lowest BCUT2D eigenvalue weighted by atomic mass is 10.0. The van der Waals surface area contributed by atoms with E-state index in [1.54, 1.807) is 20.0 Å². The number of carboxylic acid groups (broad SMARTS) is 1. The molecular formula is C25H36N6O6S. The molecule has 208 valence electrons. The molecule has 0 saturated carbocycles. The summed E-state index contributed by atoms with van der Waals surface area (Å²) in [6, 6.07) is 2.84. The second-order valence-electron chi connectivity index (χ2n) is 9.31. The number of nitrogens with one attached hydrogen (secondary N) is 4. The maximum Gasteiger partial charge on any atom is 0.326 e. The first kappa shape index (κ1) is 30.6. The highest BCUT2D eigenvalue weighted by Gasteiger charge is 2.31. The van der Waals surface area contributed by atoms with Gasteiger partial charge in [0.25, 0.3) is 0 Å². The number of aromatic nitrogens is 1. The number of carbonyl (C=O) groups is 5. The second kappa shape index (κ2) is 14.4. The number of hydrogen-bond donors (Lipinski definition) is 7. The van der Waals surface area contributed by atoms with Crippen LogP contribution in [0.25, 0.3) is 10.9 Å². The van der Waals surface area contributed by atoms with Crippen molar-refractivity contribution in [3.63, 3.8) is 0 Å². The molecule has 0 aliphatic carbocycles. The lowest BCUT2D eigenvalue weighted by Gasteiger charge is -2.26. The maximum atomic E-state index is 13.4. The number of aliphatic carboxylic acids is 1. The number of para-hydroxylation sites is 1. The van der Waals surface area contributed by atoms with Crippen LogP contribution in [0.4, 0.5) is 0 Å². The zero-order chi connectivity index (χ0) is 28.4. The van der Waals surface area contributed by atoms with E-state index in [0.717, 1.165) is 16.5 Å². The van der Waals surface area contributed by atoms with Crippen LogP contribution in [-0.2, 0) is 30.4 Å². The van der Waals surface area contributed by atoms with Crippen molar-refractivity contribution in [2.24, 2.45) is 17.4 Å². The van der Waals surface area contributed by atoms with Crippen LogP contribution in [0.1, 0.15) is 32.3 Å². The molecule has 0 radical (unpaired) electrons. The van der Waals surface area contributed by atoms with Gasteiger partial charge in [0.05, 0.1) is 12.5 Å². The average Bonchev–Trinajstić information content (AvgIpc) is 3.26. The molecule has 4 amide bonds. The monoisotopic (exact) mass is 548 g/mol. The third-order valence-corrected chi connectivity index (χ3v) is 6.61. The van der Waals surface area contributed by atoms with Crippen molar-refractivity contribution in [2.45, 2.75) is 57.3 Å². The van der Waals surface area contributed by atoms with Gasteiger partial charge in [-0.15, -0.1) is 0 Å². The highest BCUT2D eigenvalue weighted by molar-refractivity contribution is 7.98. The predicted octanol–water partition coefficient (Wildman–Crippen LogP) is -0.139. The van der Waals surface area contributed by atoms with E-state index in [1.807, 2.05) is 30.5 Å². The minimum atomic E-state index is -1.26. The predicted molar refractivity (Wildman–Crippen MR) is 145 cm³/mol. The van der Waals surface area contributed by atoms with Gasteiger partial charge in [0.2, 0.25) is 23.6 Å². The molecule has 0 aliphatic rings. The number of carboxylic acids is 1. The number of hydrogen-bond acceptors (Lipinski definition) is 7. The highest BCUT2D eigenvalue weighted by Crippen LogP contribution is 2.19. The molecule has 4 atom stereocenters.